The molecule has 0 unspecified atom stereocenters. The molecule has 2 amide bonds. The molecule has 0 radical (unpaired) electrons. The van der Waals surface area contributed by atoms with Crippen molar-refractivity contribution in [2.75, 3.05) is 0 Å². The topological polar surface area (TPSA) is 151 Å². The average Bonchev–Trinajstić information content (AvgIpc) is 2.72. The molecule has 0 saturated heterocycles. The molecule has 8 nitrogen and oxygen atoms in total. The molecule has 0 aromatic rings. The van der Waals surface area contributed by atoms with Crippen molar-refractivity contribution in [1.82, 2.24) is 10.6 Å². The molecule has 2 aliphatic rings. The minimum absolute atomic E-state index is 0.0661. The van der Waals surface area contributed by atoms with Crippen molar-refractivity contribution in [3.63, 3.8) is 0 Å². The lowest BCUT2D eigenvalue weighted by molar-refractivity contribution is -0.125. The zero-order valence-corrected chi connectivity index (χ0v) is 20.9. The highest BCUT2D eigenvalue weighted by molar-refractivity contribution is 5.82. The van der Waals surface area contributed by atoms with Crippen LogP contribution in [0.2, 0.25) is 0 Å². The third-order valence-corrected chi connectivity index (χ3v) is 6.98. The Morgan fingerprint density at radius 1 is 0.719 bits per heavy atom. The van der Waals surface area contributed by atoms with Crippen molar-refractivity contribution in [1.29, 1.82) is 0 Å². The summed E-state index contributed by atoms with van der Waals surface area (Å²) in [5.74, 6) is 0.703. The van der Waals surface area contributed by atoms with Crippen LogP contribution in [-0.4, -0.2) is 58.4 Å². The highest BCUT2D eigenvalue weighted by Crippen LogP contribution is 2.25. The van der Waals surface area contributed by atoms with Crippen LogP contribution in [0.4, 0.5) is 0 Å². The Kier molecular flexibility index (Phi) is 12.1. The first-order chi connectivity index (χ1) is 14.8. The van der Waals surface area contributed by atoms with Gasteiger partial charge in [0, 0.05) is 12.1 Å². The fraction of sp³-hybridized carbons (Fsp3) is 0.917. The Hall–Kier alpha value is -1.22. The number of rotatable bonds is 6. The molecule has 0 aromatic carbocycles. The summed E-state index contributed by atoms with van der Waals surface area (Å²) in [5, 5.41) is 25.1. The molecule has 0 aliphatic heterocycles. The molecule has 32 heavy (non-hydrogen) atoms. The second kappa shape index (κ2) is 13.5. The highest BCUT2D eigenvalue weighted by Gasteiger charge is 2.29. The zero-order valence-electron chi connectivity index (χ0n) is 20.9. The van der Waals surface area contributed by atoms with Crippen LogP contribution < -0.4 is 22.1 Å². The van der Waals surface area contributed by atoms with E-state index in [1.807, 2.05) is 41.5 Å². The van der Waals surface area contributed by atoms with Crippen LogP contribution in [-0.2, 0) is 9.59 Å². The highest BCUT2D eigenvalue weighted by atomic mass is 16.3. The SMILES string of the molecule is CC(C)[C@@H](N)C(=O)N[C@@H]1CC[C@@H](O)[C@H](C)C1.CC(C)[C@@H](N)C(=O)N[C@H]1CC[C@H](O)[C@@H](C)C1. The first-order valence-corrected chi connectivity index (χ1v) is 12.3. The van der Waals surface area contributed by atoms with Crippen molar-refractivity contribution in [3.8, 4) is 0 Å². The fourth-order valence-corrected chi connectivity index (χ4v) is 4.22. The largest absolute Gasteiger partial charge is 0.393 e. The monoisotopic (exact) mass is 456 g/mol. The lowest BCUT2D eigenvalue weighted by Gasteiger charge is -2.32. The van der Waals surface area contributed by atoms with Gasteiger partial charge in [-0.15, -0.1) is 0 Å². The van der Waals surface area contributed by atoms with Gasteiger partial charge in [0.15, 0.2) is 0 Å². The van der Waals surface area contributed by atoms with Crippen LogP contribution in [0.3, 0.4) is 0 Å². The van der Waals surface area contributed by atoms with E-state index in [9.17, 15) is 19.8 Å². The Bertz CT molecular complexity index is 536. The quantitative estimate of drug-likeness (QED) is 0.354. The Labute approximate surface area is 194 Å². The van der Waals surface area contributed by atoms with Crippen LogP contribution >= 0.6 is 0 Å². The zero-order chi connectivity index (χ0) is 24.6. The van der Waals surface area contributed by atoms with Gasteiger partial charge in [-0.3, -0.25) is 9.59 Å². The van der Waals surface area contributed by atoms with Crippen molar-refractivity contribution in [2.45, 2.75) is 116 Å². The summed E-state index contributed by atoms with van der Waals surface area (Å²) in [5.41, 5.74) is 11.6. The van der Waals surface area contributed by atoms with E-state index < -0.39 is 12.1 Å². The molecular formula is C24H48N4O4. The normalized spacial score (nSPS) is 32.5. The number of aliphatic hydroxyl groups is 2. The van der Waals surface area contributed by atoms with Crippen LogP contribution in [0.5, 0.6) is 0 Å². The minimum atomic E-state index is -0.429. The van der Waals surface area contributed by atoms with Gasteiger partial charge in [-0.25, -0.2) is 0 Å². The summed E-state index contributed by atoms with van der Waals surface area (Å²) >= 11 is 0. The van der Waals surface area contributed by atoms with E-state index in [1.165, 1.54) is 0 Å². The van der Waals surface area contributed by atoms with E-state index in [0.717, 1.165) is 38.5 Å². The molecule has 2 fully saturated rings. The summed E-state index contributed by atoms with van der Waals surface area (Å²) in [6.45, 7) is 11.8. The van der Waals surface area contributed by atoms with Crippen LogP contribution in [0.25, 0.3) is 0 Å². The maximum atomic E-state index is 11.7. The molecule has 2 saturated carbocycles. The number of hydrogen-bond acceptors (Lipinski definition) is 6. The summed E-state index contributed by atoms with van der Waals surface area (Å²) in [4.78, 5) is 23.5. The van der Waals surface area contributed by atoms with Crippen molar-refractivity contribution < 1.29 is 19.8 Å². The van der Waals surface area contributed by atoms with E-state index in [-0.39, 0.29) is 59.8 Å². The van der Waals surface area contributed by atoms with E-state index >= 15 is 0 Å². The maximum absolute atomic E-state index is 11.7. The van der Waals surface area contributed by atoms with E-state index in [0.29, 0.717) is 0 Å². The van der Waals surface area contributed by atoms with Gasteiger partial charge < -0.3 is 32.3 Å². The van der Waals surface area contributed by atoms with Gasteiger partial charge in [0.25, 0.3) is 0 Å². The standard InChI is InChI=1S/2C12H24N2O2/c2*1-7(2)11(13)12(16)14-9-4-5-10(15)8(3)6-9/h2*7-11,15H,4-6,13H2,1-3H3,(H,14,16)/t8-,9-,10-,11+;8-,9-,10-,11-/m01/s1. The number of aliphatic hydroxyl groups excluding tert-OH is 2. The van der Waals surface area contributed by atoms with Crippen molar-refractivity contribution in [2.24, 2.45) is 35.1 Å². The molecule has 2 aliphatic carbocycles. The fourth-order valence-electron chi connectivity index (χ4n) is 4.22. The number of amides is 2. The van der Waals surface area contributed by atoms with Crippen LogP contribution in [0.15, 0.2) is 0 Å². The predicted octanol–water partition coefficient (Wildman–Crippen LogP) is 1.27. The molecule has 188 valence electrons. The first-order valence-electron chi connectivity index (χ1n) is 12.3. The lowest BCUT2D eigenvalue weighted by atomic mass is 9.84. The lowest BCUT2D eigenvalue weighted by Crippen LogP contribution is -2.50. The number of hydrogen-bond donors (Lipinski definition) is 6. The molecule has 8 N–H and O–H groups in total. The molecule has 0 aromatic heterocycles. The first kappa shape index (κ1) is 28.8. The molecule has 0 bridgehead atoms. The maximum Gasteiger partial charge on any atom is 0.237 e. The molecule has 0 spiro atoms. The number of carbonyl (C=O) groups is 2. The molecule has 2 rings (SSSR count). The third kappa shape index (κ3) is 9.33. The smallest absolute Gasteiger partial charge is 0.237 e. The molecule has 8 atom stereocenters. The second-order valence-corrected chi connectivity index (χ2v) is 10.7. The number of nitrogens with one attached hydrogen (secondary N) is 2. The van der Waals surface area contributed by atoms with Crippen LogP contribution in [0.1, 0.15) is 80.1 Å². The summed E-state index contributed by atoms with van der Waals surface area (Å²) in [6.07, 6.45) is 4.49. The summed E-state index contributed by atoms with van der Waals surface area (Å²) < 4.78 is 0. The molecular weight excluding hydrogens is 408 g/mol. The minimum Gasteiger partial charge on any atom is -0.393 e. The van der Waals surface area contributed by atoms with Gasteiger partial charge in [-0.2, -0.15) is 0 Å². The van der Waals surface area contributed by atoms with Gasteiger partial charge in [0.2, 0.25) is 11.8 Å². The molecule has 8 heteroatoms. The number of nitrogens with two attached hydrogens (primary N) is 2. The van der Waals surface area contributed by atoms with Gasteiger partial charge in [0.1, 0.15) is 0 Å². The van der Waals surface area contributed by atoms with Gasteiger partial charge >= 0.3 is 0 Å². The average molecular weight is 457 g/mol. The van der Waals surface area contributed by atoms with Gasteiger partial charge in [0.05, 0.1) is 24.3 Å². The molecule has 0 heterocycles. The van der Waals surface area contributed by atoms with Crippen LogP contribution in [0, 0.1) is 23.7 Å². The summed E-state index contributed by atoms with van der Waals surface area (Å²) in [7, 11) is 0. The van der Waals surface area contributed by atoms with Crippen molar-refractivity contribution in [3.05, 3.63) is 0 Å². The Balaban J connectivity index is 0.000000320. The van der Waals surface area contributed by atoms with Gasteiger partial charge in [-0.1, -0.05) is 41.5 Å². The van der Waals surface area contributed by atoms with Gasteiger partial charge in [-0.05, 0) is 62.2 Å². The van der Waals surface area contributed by atoms with E-state index in [4.69, 9.17) is 11.5 Å². The predicted molar refractivity (Wildman–Crippen MR) is 128 cm³/mol. The van der Waals surface area contributed by atoms with E-state index in [2.05, 4.69) is 10.6 Å². The Morgan fingerprint density at radius 2 is 1.03 bits per heavy atom. The Morgan fingerprint density at radius 3 is 1.28 bits per heavy atom. The van der Waals surface area contributed by atoms with E-state index in [1.54, 1.807) is 0 Å². The number of carbonyl (C=O) groups excluding carboxylic acids is 2. The third-order valence-electron chi connectivity index (χ3n) is 6.98. The summed E-state index contributed by atoms with van der Waals surface area (Å²) in [6, 6.07) is -0.504. The second-order valence-electron chi connectivity index (χ2n) is 10.7. The van der Waals surface area contributed by atoms with Crippen molar-refractivity contribution >= 4 is 11.8 Å².